The van der Waals surface area contributed by atoms with Crippen molar-refractivity contribution in [2.45, 2.75) is 34.1 Å². The summed E-state index contributed by atoms with van der Waals surface area (Å²) in [5, 5.41) is 0. The Balaban J connectivity index is -0.000000376. The average Bonchev–Trinajstić information content (AvgIpc) is 2.33. The van der Waals surface area contributed by atoms with Crippen LogP contribution >= 0.6 is 11.8 Å². The van der Waals surface area contributed by atoms with E-state index in [1.54, 1.807) is 18.8 Å². The maximum absolute atomic E-state index is 3.88. The fourth-order valence-electron chi connectivity index (χ4n) is 0.620. The Morgan fingerprint density at radius 1 is 1.25 bits per heavy atom. The lowest BCUT2D eigenvalue weighted by Gasteiger charge is -1.88. The number of thioether (sulfide) groups is 1. The Kier molecular flexibility index (Phi) is 30.7. The van der Waals surface area contributed by atoms with Crippen molar-refractivity contribution >= 4 is 17.3 Å². The lowest BCUT2D eigenvalue weighted by molar-refractivity contribution is 1.25. The molecule has 0 bridgehead atoms. The SMILES string of the molecule is C=C.CC.CN=CSCC/C=C\C=C(C)C. The maximum Gasteiger partial charge on any atom is 0.0537 e. The molecule has 0 radical (unpaired) electrons. The van der Waals surface area contributed by atoms with Gasteiger partial charge in [-0.2, -0.15) is 0 Å². The summed E-state index contributed by atoms with van der Waals surface area (Å²) in [6, 6.07) is 0. The van der Waals surface area contributed by atoms with E-state index in [1.165, 1.54) is 5.57 Å². The van der Waals surface area contributed by atoms with Gasteiger partial charge in [0.25, 0.3) is 0 Å². The van der Waals surface area contributed by atoms with Gasteiger partial charge in [-0.25, -0.2) is 0 Å². The van der Waals surface area contributed by atoms with Crippen LogP contribution in [0.2, 0.25) is 0 Å². The van der Waals surface area contributed by atoms with Crippen LogP contribution in [0.3, 0.4) is 0 Å². The number of hydrogen-bond donors (Lipinski definition) is 0. The summed E-state index contributed by atoms with van der Waals surface area (Å²) >= 11 is 1.75. The normalized spacial score (nSPS) is 9.06. The summed E-state index contributed by atoms with van der Waals surface area (Å²) in [4.78, 5) is 3.88. The lowest BCUT2D eigenvalue weighted by atomic mass is 10.3. The zero-order valence-corrected chi connectivity index (χ0v) is 12.3. The molecule has 0 N–H and O–H groups in total. The fraction of sp³-hybridized carbons (Fsp3) is 0.500. The Bertz CT molecular complexity index is 189. The predicted molar refractivity (Wildman–Crippen MR) is 82.7 cm³/mol. The molecule has 0 aliphatic heterocycles. The number of allylic oxidation sites excluding steroid dienone is 4. The minimum absolute atomic E-state index is 1.11. The summed E-state index contributed by atoms with van der Waals surface area (Å²) in [7, 11) is 1.80. The molecule has 0 spiro atoms. The van der Waals surface area contributed by atoms with E-state index in [1.807, 2.05) is 19.4 Å². The largest absolute Gasteiger partial charge is 0.290 e. The van der Waals surface area contributed by atoms with Crippen LogP contribution in [-0.2, 0) is 0 Å². The number of nitrogens with zero attached hydrogens (tertiary/aromatic N) is 1. The predicted octanol–water partition coefficient (Wildman–Crippen LogP) is 5.12. The first-order valence-electron chi connectivity index (χ1n) is 5.59. The number of rotatable bonds is 5. The van der Waals surface area contributed by atoms with Gasteiger partial charge in [-0.15, -0.1) is 24.9 Å². The molecule has 16 heavy (non-hydrogen) atoms. The van der Waals surface area contributed by atoms with Gasteiger partial charge in [0.05, 0.1) is 5.55 Å². The van der Waals surface area contributed by atoms with Crippen molar-refractivity contribution in [3.8, 4) is 0 Å². The summed E-state index contributed by atoms with van der Waals surface area (Å²) in [5.41, 5.74) is 3.23. The highest BCUT2D eigenvalue weighted by molar-refractivity contribution is 8.12. The zero-order chi connectivity index (χ0) is 13.2. The van der Waals surface area contributed by atoms with Gasteiger partial charge in [0, 0.05) is 12.8 Å². The Morgan fingerprint density at radius 3 is 2.25 bits per heavy atom. The molecule has 0 fully saturated rings. The molecule has 0 heterocycles. The van der Waals surface area contributed by atoms with Crippen molar-refractivity contribution in [3.05, 3.63) is 37.0 Å². The molecule has 0 aromatic heterocycles. The van der Waals surface area contributed by atoms with E-state index >= 15 is 0 Å². The Morgan fingerprint density at radius 2 is 1.81 bits per heavy atom. The van der Waals surface area contributed by atoms with Crippen LogP contribution in [-0.4, -0.2) is 18.3 Å². The third-order valence-corrected chi connectivity index (χ3v) is 1.98. The minimum atomic E-state index is 1.11. The van der Waals surface area contributed by atoms with E-state index in [0.29, 0.717) is 0 Å². The van der Waals surface area contributed by atoms with Crippen molar-refractivity contribution in [1.82, 2.24) is 0 Å². The van der Waals surface area contributed by atoms with Crippen LogP contribution in [0.15, 0.2) is 42.0 Å². The van der Waals surface area contributed by atoms with Crippen molar-refractivity contribution in [3.63, 3.8) is 0 Å². The van der Waals surface area contributed by atoms with Crippen LogP contribution in [0.1, 0.15) is 34.1 Å². The molecule has 0 rings (SSSR count). The molecule has 0 aliphatic carbocycles. The van der Waals surface area contributed by atoms with Crippen molar-refractivity contribution in [1.29, 1.82) is 0 Å². The second-order valence-corrected chi connectivity index (χ2v) is 3.65. The van der Waals surface area contributed by atoms with Crippen molar-refractivity contribution < 1.29 is 0 Å². The summed E-state index contributed by atoms with van der Waals surface area (Å²) in [6.07, 6.45) is 7.53. The minimum Gasteiger partial charge on any atom is -0.290 e. The average molecular weight is 241 g/mol. The molecule has 2 heteroatoms. The maximum atomic E-state index is 3.88. The van der Waals surface area contributed by atoms with Crippen LogP contribution in [0, 0.1) is 0 Å². The summed E-state index contributed by atoms with van der Waals surface area (Å²) in [5.74, 6) is 1.12. The molecule has 0 aromatic rings. The molecule has 0 atom stereocenters. The van der Waals surface area contributed by atoms with Crippen LogP contribution in [0.4, 0.5) is 0 Å². The van der Waals surface area contributed by atoms with Gasteiger partial charge in [-0.05, 0) is 20.3 Å². The van der Waals surface area contributed by atoms with Gasteiger partial charge in [0.1, 0.15) is 0 Å². The van der Waals surface area contributed by atoms with Gasteiger partial charge in [0.15, 0.2) is 0 Å². The lowest BCUT2D eigenvalue weighted by Crippen LogP contribution is -1.74. The second kappa shape index (κ2) is 23.8. The number of aliphatic imine (C=N–C) groups is 1. The first kappa shape index (κ1) is 20.6. The highest BCUT2D eigenvalue weighted by Gasteiger charge is 1.79. The van der Waals surface area contributed by atoms with E-state index in [9.17, 15) is 0 Å². The van der Waals surface area contributed by atoms with Crippen molar-refractivity contribution in [2.24, 2.45) is 4.99 Å². The Hall–Kier alpha value is -0.760. The third kappa shape index (κ3) is 29.2. The molecule has 0 saturated carbocycles. The van der Waals surface area contributed by atoms with Gasteiger partial charge in [-0.1, -0.05) is 37.6 Å². The van der Waals surface area contributed by atoms with Crippen LogP contribution < -0.4 is 0 Å². The molecule has 0 aromatic carbocycles. The van der Waals surface area contributed by atoms with Gasteiger partial charge in [0.2, 0.25) is 0 Å². The Labute approximate surface area is 106 Å². The van der Waals surface area contributed by atoms with Crippen molar-refractivity contribution in [2.75, 3.05) is 12.8 Å². The molecule has 0 aliphatic rings. The topological polar surface area (TPSA) is 12.4 Å². The highest BCUT2D eigenvalue weighted by Crippen LogP contribution is 1.99. The van der Waals surface area contributed by atoms with Gasteiger partial charge in [-0.3, -0.25) is 4.99 Å². The van der Waals surface area contributed by atoms with Gasteiger partial charge < -0.3 is 0 Å². The molecule has 0 amide bonds. The van der Waals surface area contributed by atoms with E-state index < -0.39 is 0 Å². The van der Waals surface area contributed by atoms with E-state index in [-0.39, 0.29) is 0 Å². The molecule has 0 unspecified atom stereocenters. The molecular weight excluding hydrogens is 214 g/mol. The van der Waals surface area contributed by atoms with Gasteiger partial charge >= 0.3 is 0 Å². The molecule has 0 saturated heterocycles. The monoisotopic (exact) mass is 241 g/mol. The summed E-state index contributed by atoms with van der Waals surface area (Å²) < 4.78 is 0. The standard InChI is InChI=1S/C10H17NS.C2H6.C2H4/c1-10(2)7-5-4-6-8-12-9-11-3;2*1-2/h4-5,7,9H,6,8H2,1-3H3;1-2H3;1-2H2/b5-4-,11-9?;;. The zero-order valence-electron chi connectivity index (χ0n) is 11.5. The molecule has 94 valence electrons. The smallest absolute Gasteiger partial charge is 0.0537 e. The third-order valence-electron chi connectivity index (χ3n) is 1.15. The first-order chi connectivity index (χ1) is 7.77. The molecule has 1 nitrogen and oxygen atoms in total. The first-order valence-corrected chi connectivity index (χ1v) is 6.64. The van der Waals surface area contributed by atoms with Crippen LogP contribution in [0.25, 0.3) is 0 Å². The highest BCUT2D eigenvalue weighted by atomic mass is 32.2. The molecular formula is C14H27NS. The van der Waals surface area contributed by atoms with Crippen LogP contribution in [0.5, 0.6) is 0 Å². The van der Waals surface area contributed by atoms with E-state index in [2.05, 4.69) is 50.2 Å². The quantitative estimate of drug-likeness (QED) is 0.214. The second-order valence-electron chi connectivity index (χ2n) is 2.70. The fourth-order valence-corrected chi connectivity index (χ4v) is 1.15. The summed E-state index contributed by atoms with van der Waals surface area (Å²) in [6.45, 7) is 14.2. The van der Waals surface area contributed by atoms with E-state index in [0.717, 1.165) is 12.2 Å². The van der Waals surface area contributed by atoms with E-state index in [4.69, 9.17) is 0 Å². The number of hydrogen-bond acceptors (Lipinski definition) is 2.